The zero-order valence-corrected chi connectivity index (χ0v) is 10.0. The van der Waals surface area contributed by atoms with E-state index in [4.69, 9.17) is 15.2 Å². The van der Waals surface area contributed by atoms with Crippen molar-refractivity contribution in [3.05, 3.63) is 11.9 Å². The molecule has 1 aromatic heterocycles. The lowest BCUT2D eigenvalue weighted by atomic mass is 10.1. The molecule has 6 heteroatoms. The van der Waals surface area contributed by atoms with Crippen molar-refractivity contribution in [3.63, 3.8) is 0 Å². The van der Waals surface area contributed by atoms with Crippen LogP contribution in [0.15, 0.2) is 6.20 Å². The second-order valence-corrected chi connectivity index (χ2v) is 4.24. The number of aromatic nitrogens is 3. The normalized spacial score (nSPS) is 20.6. The van der Waals surface area contributed by atoms with Crippen molar-refractivity contribution in [1.82, 2.24) is 15.0 Å². The van der Waals surface area contributed by atoms with E-state index in [1.54, 1.807) is 4.68 Å². The molecule has 1 fully saturated rings. The van der Waals surface area contributed by atoms with Gasteiger partial charge in [0.15, 0.2) is 0 Å². The summed E-state index contributed by atoms with van der Waals surface area (Å²) in [6, 6.07) is 0. The average molecular weight is 240 g/mol. The van der Waals surface area contributed by atoms with E-state index in [2.05, 4.69) is 10.3 Å². The number of hydrogen-bond donors (Lipinski definition) is 1. The van der Waals surface area contributed by atoms with E-state index < -0.39 is 0 Å². The first-order valence-corrected chi connectivity index (χ1v) is 6.17. The minimum atomic E-state index is 0.277. The molecule has 1 atom stereocenters. The minimum absolute atomic E-state index is 0.277. The lowest BCUT2D eigenvalue weighted by Crippen LogP contribution is -2.25. The van der Waals surface area contributed by atoms with Gasteiger partial charge in [0.1, 0.15) is 0 Å². The van der Waals surface area contributed by atoms with Crippen LogP contribution >= 0.6 is 0 Å². The number of hydrogen-bond acceptors (Lipinski definition) is 5. The fraction of sp³-hybridized carbons (Fsp3) is 0.818. The fourth-order valence-electron chi connectivity index (χ4n) is 1.85. The molecule has 0 bridgehead atoms. The molecule has 1 saturated heterocycles. The highest BCUT2D eigenvalue weighted by atomic mass is 16.5. The molecule has 6 nitrogen and oxygen atoms in total. The second-order valence-electron chi connectivity index (χ2n) is 4.24. The Morgan fingerprint density at radius 3 is 3.18 bits per heavy atom. The molecule has 17 heavy (non-hydrogen) atoms. The summed E-state index contributed by atoms with van der Waals surface area (Å²) in [5.41, 5.74) is 6.26. The van der Waals surface area contributed by atoms with Gasteiger partial charge >= 0.3 is 0 Å². The molecular weight excluding hydrogens is 220 g/mol. The van der Waals surface area contributed by atoms with Gasteiger partial charge in [0, 0.05) is 19.3 Å². The second kappa shape index (κ2) is 6.68. The molecule has 0 aliphatic carbocycles. The molecule has 0 radical (unpaired) electrons. The number of nitrogens with two attached hydrogens (primary N) is 1. The largest absolute Gasteiger partial charge is 0.377 e. The molecular formula is C11H20N4O2. The molecule has 0 saturated carbocycles. The third-order valence-corrected chi connectivity index (χ3v) is 2.84. The number of rotatable bonds is 6. The van der Waals surface area contributed by atoms with Crippen LogP contribution in [0.25, 0.3) is 0 Å². The Kier molecular flexibility index (Phi) is 4.90. The van der Waals surface area contributed by atoms with Crippen LogP contribution in [-0.2, 0) is 22.6 Å². The van der Waals surface area contributed by atoms with Crippen molar-refractivity contribution in [2.45, 2.75) is 38.5 Å². The van der Waals surface area contributed by atoms with Crippen LogP contribution in [0.5, 0.6) is 0 Å². The van der Waals surface area contributed by atoms with Crippen LogP contribution in [0.2, 0.25) is 0 Å². The summed E-state index contributed by atoms with van der Waals surface area (Å²) in [5, 5.41) is 7.86. The van der Waals surface area contributed by atoms with Gasteiger partial charge in [0.05, 0.1) is 31.6 Å². The predicted molar refractivity (Wildman–Crippen MR) is 62.3 cm³/mol. The Hall–Kier alpha value is -0.980. The Balaban J connectivity index is 1.59. The number of ether oxygens (including phenoxy) is 2. The van der Waals surface area contributed by atoms with Crippen molar-refractivity contribution >= 4 is 0 Å². The van der Waals surface area contributed by atoms with Gasteiger partial charge < -0.3 is 15.2 Å². The molecule has 2 heterocycles. The highest BCUT2D eigenvalue weighted by molar-refractivity contribution is 4.90. The molecule has 2 N–H and O–H groups in total. The molecule has 0 aromatic carbocycles. The summed E-state index contributed by atoms with van der Waals surface area (Å²) in [7, 11) is 0. The Bertz CT molecular complexity index is 323. The first kappa shape index (κ1) is 12.5. The average Bonchev–Trinajstić information content (AvgIpc) is 2.84. The van der Waals surface area contributed by atoms with Crippen molar-refractivity contribution in [1.29, 1.82) is 0 Å². The van der Waals surface area contributed by atoms with E-state index in [9.17, 15) is 0 Å². The van der Waals surface area contributed by atoms with Gasteiger partial charge in [-0.05, 0) is 19.3 Å². The van der Waals surface area contributed by atoms with Gasteiger partial charge in [0.25, 0.3) is 0 Å². The zero-order valence-electron chi connectivity index (χ0n) is 10.0. The van der Waals surface area contributed by atoms with E-state index in [0.717, 1.165) is 18.7 Å². The fourth-order valence-corrected chi connectivity index (χ4v) is 1.85. The van der Waals surface area contributed by atoms with E-state index in [-0.39, 0.29) is 6.10 Å². The molecule has 1 aromatic rings. The third kappa shape index (κ3) is 4.07. The maximum absolute atomic E-state index is 5.58. The Morgan fingerprint density at radius 1 is 1.53 bits per heavy atom. The highest BCUT2D eigenvalue weighted by Gasteiger charge is 2.13. The zero-order chi connectivity index (χ0) is 11.9. The molecule has 0 amide bonds. The minimum Gasteiger partial charge on any atom is -0.377 e. The maximum Gasteiger partial charge on any atom is 0.0962 e. The first-order valence-electron chi connectivity index (χ1n) is 6.17. The van der Waals surface area contributed by atoms with Crippen molar-refractivity contribution in [2.75, 3.05) is 19.8 Å². The van der Waals surface area contributed by atoms with E-state index in [1.807, 2.05) is 6.20 Å². The molecule has 96 valence electrons. The van der Waals surface area contributed by atoms with Gasteiger partial charge in [-0.15, -0.1) is 5.10 Å². The summed E-state index contributed by atoms with van der Waals surface area (Å²) in [5.74, 6) is 0. The smallest absolute Gasteiger partial charge is 0.0962 e. The van der Waals surface area contributed by atoms with E-state index >= 15 is 0 Å². The summed E-state index contributed by atoms with van der Waals surface area (Å²) < 4.78 is 12.9. The molecule has 2 rings (SSSR count). The molecule has 1 aliphatic rings. The summed E-state index contributed by atoms with van der Waals surface area (Å²) in [6.45, 7) is 3.32. The van der Waals surface area contributed by atoms with Gasteiger partial charge in [-0.3, -0.25) is 0 Å². The third-order valence-electron chi connectivity index (χ3n) is 2.84. The molecule has 1 unspecified atom stereocenters. The summed E-state index contributed by atoms with van der Waals surface area (Å²) >= 11 is 0. The lowest BCUT2D eigenvalue weighted by molar-refractivity contribution is -0.0421. The molecule has 1 aliphatic heterocycles. The molecule has 0 spiro atoms. The first-order chi connectivity index (χ1) is 8.38. The van der Waals surface area contributed by atoms with Crippen LogP contribution in [0.4, 0.5) is 0 Å². The lowest BCUT2D eigenvalue weighted by Gasteiger charge is -2.22. The highest BCUT2D eigenvalue weighted by Crippen LogP contribution is 2.12. The summed E-state index contributed by atoms with van der Waals surface area (Å²) in [6.07, 6.45) is 5.66. The SMILES string of the molecule is NCc1cn(CCOCC2CCCCO2)nn1. The van der Waals surface area contributed by atoms with Crippen molar-refractivity contribution in [2.24, 2.45) is 5.73 Å². The quantitative estimate of drug-likeness (QED) is 0.725. The van der Waals surface area contributed by atoms with Crippen molar-refractivity contribution in [3.8, 4) is 0 Å². The maximum atomic E-state index is 5.58. The van der Waals surface area contributed by atoms with Gasteiger partial charge in [-0.1, -0.05) is 5.21 Å². The monoisotopic (exact) mass is 240 g/mol. The van der Waals surface area contributed by atoms with Crippen LogP contribution in [0, 0.1) is 0 Å². The predicted octanol–water partition coefficient (Wildman–Crippen LogP) is 0.322. The van der Waals surface area contributed by atoms with Crippen LogP contribution < -0.4 is 5.73 Å². The Labute approximate surface area is 101 Å². The topological polar surface area (TPSA) is 75.2 Å². The van der Waals surface area contributed by atoms with Gasteiger partial charge in [0.2, 0.25) is 0 Å². The summed E-state index contributed by atoms with van der Waals surface area (Å²) in [4.78, 5) is 0. The van der Waals surface area contributed by atoms with Crippen LogP contribution in [-0.4, -0.2) is 40.9 Å². The standard InChI is InChI=1S/C11H20N4O2/c12-7-10-8-15(14-13-10)4-6-16-9-11-3-1-2-5-17-11/h8,11H,1-7,9,12H2. The van der Waals surface area contributed by atoms with Crippen LogP contribution in [0.1, 0.15) is 25.0 Å². The number of nitrogens with zero attached hydrogens (tertiary/aromatic N) is 3. The van der Waals surface area contributed by atoms with Crippen molar-refractivity contribution < 1.29 is 9.47 Å². The van der Waals surface area contributed by atoms with Gasteiger partial charge in [-0.25, -0.2) is 4.68 Å². The van der Waals surface area contributed by atoms with Crippen LogP contribution in [0.3, 0.4) is 0 Å². The Morgan fingerprint density at radius 2 is 2.47 bits per heavy atom. The van der Waals surface area contributed by atoms with E-state index in [0.29, 0.717) is 26.3 Å². The van der Waals surface area contributed by atoms with E-state index in [1.165, 1.54) is 12.8 Å². The van der Waals surface area contributed by atoms with Gasteiger partial charge in [-0.2, -0.15) is 0 Å².